The molecule has 0 amide bonds. The molecule has 0 aliphatic rings. The lowest BCUT2D eigenvalue weighted by molar-refractivity contribution is -0.386. The first kappa shape index (κ1) is 19.6. The fraction of sp³-hybridized carbons (Fsp3) is 0.455. The molecule has 0 bridgehead atoms. The van der Waals surface area contributed by atoms with Crippen molar-refractivity contribution >= 4 is 28.1 Å². The van der Waals surface area contributed by atoms with Crippen LogP contribution in [0.2, 0.25) is 0 Å². The second-order valence-corrected chi connectivity index (χ2v) is 5.90. The number of nitro benzene ring substituents is 1. The fourth-order valence-corrected chi connectivity index (χ4v) is 2.55. The van der Waals surface area contributed by atoms with E-state index in [0.29, 0.717) is 0 Å². The Kier molecular flexibility index (Phi) is 7.58. The molecule has 1 aromatic carbocycles. The molecule has 120 valence electrons. The second-order valence-electron chi connectivity index (χ2n) is 4.13. The number of nitrogens with one attached hydrogen (secondary N) is 2. The summed E-state index contributed by atoms with van der Waals surface area (Å²) < 4.78 is 31.2. The van der Waals surface area contributed by atoms with Crippen LogP contribution < -0.4 is 14.8 Å². The molecule has 8 nitrogen and oxygen atoms in total. The van der Waals surface area contributed by atoms with Gasteiger partial charge in [0.15, 0.2) is 5.75 Å². The zero-order valence-corrected chi connectivity index (χ0v) is 13.5. The van der Waals surface area contributed by atoms with Gasteiger partial charge >= 0.3 is 5.69 Å². The quantitative estimate of drug-likeness (QED) is 0.564. The van der Waals surface area contributed by atoms with Crippen LogP contribution in [0.5, 0.6) is 5.75 Å². The normalized spacial score (nSPS) is 12.3. The summed E-state index contributed by atoms with van der Waals surface area (Å²) in [4.78, 5) is 10.0. The molecule has 2 N–H and O–H groups in total. The predicted molar refractivity (Wildman–Crippen MR) is 80.6 cm³/mol. The lowest BCUT2D eigenvalue weighted by Crippen LogP contribution is -2.37. The number of benzene rings is 1. The smallest absolute Gasteiger partial charge is 0.312 e. The van der Waals surface area contributed by atoms with Crippen LogP contribution in [-0.4, -0.2) is 40.1 Å². The first-order valence-corrected chi connectivity index (χ1v) is 7.29. The molecule has 10 heteroatoms. The van der Waals surface area contributed by atoms with E-state index in [1.807, 2.05) is 0 Å². The summed E-state index contributed by atoms with van der Waals surface area (Å²) in [5.74, 6) is 0.0116. The van der Waals surface area contributed by atoms with Gasteiger partial charge in [0.05, 0.1) is 16.9 Å². The Balaban J connectivity index is 0.00000400. The third kappa shape index (κ3) is 5.12. The Bertz CT molecular complexity index is 594. The third-order valence-electron chi connectivity index (χ3n) is 2.73. The highest BCUT2D eigenvalue weighted by Crippen LogP contribution is 2.29. The van der Waals surface area contributed by atoms with E-state index < -0.39 is 20.6 Å². The van der Waals surface area contributed by atoms with Crippen LogP contribution in [0.1, 0.15) is 6.92 Å². The van der Waals surface area contributed by atoms with Crippen LogP contribution in [0, 0.1) is 10.1 Å². The first-order valence-electron chi connectivity index (χ1n) is 5.81. The maximum absolute atomic E-state index is 12.0. The summed E-state index contributed by atoms with van der Waals surface area (Å²) in [5, 5.41) is 13.8. The molecule has 0 aliphatic carbocycles. The van der Waals surface area contributed by atoms with Crippen molar-refractivity contribution in [3.63, 3.8) is 0 Å². The Morgan fingerprint density at radius 1 is 1.43 bits per heavy atom. The Labute approximate surface area is 129 Å². The van der Waals surface area contributed by atoms with E-state index in [1.165, 1.54) is 19.2 Å². The number of rotatable bonds is 7. The van der Waals surface area contributed by atoms with E-state index in [2.05, 4.69) is 10.0 Å². The predicted octanol–water partition coefficient (Wildman–Crippen LogP) is 0.911. The maximum atomic E-state index is 12.0. The maximum Gasteiger partial charge on any atom is 0.312 e. The number of hydrogen-bond donors (Lipinski definition) is 2. The van der Waals surface area contributed by atoms with E-state index in [4.69, 9.17) is 4.74 Å². The highest BCUT2D eigenvalue weighted by molar-refractivity contribution is 7.89. The standard InChI is InChI=1S/C11H17N3O5S.ClH/c1-8(12-2)7-13-20(17,18)9-4-5-11(19-3)10(6-9)14(15)16;/h4-6,8,12-13H,7H2,1-3H3;1H. The van der Waals surface area contributed by atoms with Crippen LogP contribution in [0.3, 0.4) is 0 Å². The van der Waals surface area contributed by atoms with Gasteiger partial charge in [-0.05, 0) is 26.1 Å². The lowest BCUT2D eigenvalue weighted by atomic mass is 10.3. The van der Waals surface area contributed by atoms with E-state index in [1.54, 1.807) is 14.0 Å². The minimum absolute atomic E-state index is 0. The van der Waals surface area contributed by atoms with Crippen molar-refractivity contribution in [3.8, 4) is 5.75 Å². The molecule has 0 radical (unpaired) electrons. The van der Waals surface area contributed by atoms with Crippen LogP contribution >= 0.6 is 12.4 Å². The summed E-state index contributed by atoms with van der Waals surface area (Å²) in [6.07, 6.45) is 0. The summed E-state index contributed by atoms with van der Waals surface area (Å²) >= 11 is 0. The van der Waals surface area contributed by atoms with Crippen LogP contribution in [0.25, 0.3) is 0 Å². The SMILES string of the molecule is CNC(C)CNS(=O)(=O)c1ccc(OC)c([N+](=O)[O-])c1.Cl. The third-order valence-corrected chi connectivity index (χ3v) is 4.15. The van der Waals surface area contributed by atoms with Gasteiger partial charge in [-0.1, -0.05) is 0 Å². The van der Waals surface area contributed by atoms with Crippen molar-refractivity contribution in [2.45, 2.75) is 17.9 Å². The first-order chi connectivity index (χ1) is 9.31. The molecular weight excluding hydrogens is 322 g/mol. The highest BCUT2D eigenvalue weighted by Gasteiger charge is 2.22. The van der Waals surface area contributed by atoms with Crippen molar-refractivity contribution in [2.75, 3.05) is 20.7 Å². The number of nitrogens with zero attached hydrogens (tertiary/aromatic N) is 1. The van der Waals surface area contributed by atoms with Gasteiger partial charge in [-0.15, -0.1) is 12.4 Å². The van der Waals surface area contributed by atoms with E-state index >= 15 is 0 Å². The molecule has 0 aliphatic heterocycles. The molecule has 1 atom stereocenters. The largest absolute Gasteiger partial charge is 0.490 e. The average molecular weight is 340 g/mol. The molecule has 0 saturated heterocycles. The van der Waals surface area contributed by atoms with Gasteiger partial charge in [0.25, 0.3) is 0 Å². The van der Waals surface area contributed by atoms with E-state index in [9.17, 15) is 18.5 Å². The topological polar surface area (TPSA) is 111 Å². The Morgan fingerprint density at radius 3 is 2.52 bits per heavy atom. The number of ether oxygens (including phenoxy) is 1. The molecular formula is C11H18ClN3O5S. The van der Waals surface area contributed by atoms with Crippen molar-refractivity contribution < 1.29 is 18.1 Å². The van der Waals surface area contributed by atoms with Gasteiger partial charge in [0.1, 0.15) is 0 Å². The zero-order chi connectivity index (χ0) is 15.3. The lowest BCUT2D eigenvalue weighted by Gasteiger charge is -2.12. The number of likely N-dealkylation sites (N-methyl/N-ethyl adjacent to an activating group) is 1. The molecule has 0 saturated carbocycles. The zero-order valence-electron chi connectivity index (χ0n) is 11.8. The molecule has 0 spiro atoms. The van der Waals surface area contributed by atoms with Crippen molar-refractivity contribution in [3.05, 3.63) is 28.3 Å². The molecule has 0 fully saturated rings. The Hall–Kier alpha value is -1.42. The minimum Gasteiger partial charge on any atom is -0.490 e. The van der Waals surface area contributed by atoms with Crippen molar-refractivity contribution in [2.24, 2.45) is 0 Å². The summed E-state index contributed by atoms with van der Waals surface area (Å²) in [7, 11) is -0.810. The van der Waals surface area contributed by atoms with Gasteiger partial charge < -0.3 is 10.1 Å². The van der Waals surface area contributed by atoms with Gasteiger partial charge in [-0.25, -0.2) is 13.1 Å². The van der Waals surface area contributed by atoms with Crippen LogP contribution in [0.4, 0.5) is 5.69 Å². The van der Waals surface area contributed by atoms with E-state index in [-0.39, 0.29) is 35.6 Å². The summed E-state index contributed by atoms with van der Waals surface area (Å²) in [6, 6.07) is 3.44. The fourth-order valence-electron chi connectivity index (χ4n) is 1.40. The molecule has 1 rings (SSSR count). The monoisotopic (exact) mass is 339 g/mol. The molecule has 1 unspecified atom stereocenters. The number of methoxy groups -OCH3 is 1. The van der Waals surface area contributed by atoms with Gasteiger partial charge in [-0.3, -0.25) is 10.1 Å². The number of halogens is 1. The van der Waals surface area contributed by atoms with Gasteiger partial charge in [0, 0.05) is 18.7 Å². The number of hydrogen-bond acceptors (Lipinski definition) is 6. The van der Waals surface area contributed by atoms with Gasteiger partial charge in [-0.2, -0.15) is 0 Å². The Morgan fingerprint density at radius 2 is 2.05 bits per heavy atom. The number of nitro groups is 1. The molecule has 21 heavy (non-hydrogen) atoms. The average Bonchev–Trinajstić information content (AvgIpc) is 2.43. The van der Waals surface area contributed by atoms with Gasteiger partial charge in [0.2, 0.25) is 10.0 Å². The summed E-state index contributed by atoms with van der Waals surface area (Å²) in [5.41, 5.74) is -0.392. The summed E-state index contributed by atoms with van der Waals surface area (Å²) in [6.45, 7) is 1.98. The molecule has 1 aromatic rings. The van der Waals surface area contributed by atoms with Crippen LogP contribution in [0.15, 0.2) is 23.1 Å². The van der Waals surface area contributed by atoms with Crippen molar-refractivity contribution in [1.29, 1.82) is 0 Å². The van der Waals surface area contributed by atoms with Crippen molar-refractivity contribution in [1.82, 2.24) is 10.0 Å². The van der Waals surface area contributed by atoms with E-state index in [0.717, 1.165) is 6.07 Å². The number of sulfonamides is 1. The molecule has 0 aromatic heterocycles. The van der Waals surface area contributed by atoms with Crippen LogP contribution in [-0.2, 0) is 10.0 Å². The molecule has 0 heterocycles. The minimum atomic E-state index is -3.80. The highest BCUT2D eigenvalue weighted by atomic mass is 35.5. The second kappa shape index (κ2) is 8.13.